The lowest BCUT2D eigenvalue weighted by atomic mass is 9.91. The lowest BCUT2D eigenvalue weighted by Crippen LogP contribution is -2.51. The first-order chi connectivity index (χ1) is 13.0. The highest BCUT2D eigenvalue weighted by molar-refractivity contribution is 6.00. The third-order valence-electron chi connectivity index (χ3n) is 5.21. The number of piperidine rings is 1. The maximum Gasteiger partial charge on any atom is 0.256 e. The summed E-state index contributed by atoms with van der Waals surface area (Å²) in [6.45, 7) is 9.04. The van der Waals surface area contributed by atoms with Gasteiger partial charge >= 0.3 is 0 Å². The van der Waals surface area contributed by atoms with Crippen LogP contribution < -0.4 is 16.0 Å². The number of halogens is 2. The number of nitrogens with one attached hydrogen (secondary N) is 3. The molecule has 3 N–H and O–H groups in total. The molecule has 166 valence electrons. The van der Waals surface area contributed by atoms with E-state index in [0.29, 0.717) is 30.6 Å². The van der Waals surface area contributed by atoms with Gasteiger partial charge in [-0.3, -0.25) is 9.59 Å². The molecule has 1 aromatic rings. The first-order valence-corrected chi connectivity index (χ1v) is 9.72. The molecule has 1 fully saturated rings. The number of hydrogen-bond acceptors (Lipinski definition) is 5. The number of benzene rings is 1. The van der Waals surface area contributed by atoms with Crippen molar-refractivity contribution in [1.82, 2.24) is 15.5 Å². The van der Waals surface area contributed by atoms with E-state index in [2.05, 4.69) is 34.7 Å². The van der Waals surface area contributed by atoms with Crippen molar-refractivity contribution in [2.45, 2.75) is 32.3 Å². The van der Waals surface area contributed by atoms with Crippen LogP contribution in [-0.4, -0.2) is 68.7 Å². The number of anilines is 1. The van der Waals surface area contributed by atoms with E-state index in [1.54, 1.807) is 31.4 Å². The Kier molecular flexibility index (Phi) is 13.1. The predicted molar refractivity (Wildman–Crippen MR) is 122 cm³/mol. The first-order valence-electron chi connectivity index (χ1n) is 9.72. The Hall–Kier alpha value is -1.38. The molecule has 2 rings (SSSR count). The van der Waals surface area contributed by atoms with Crippen molar-refractivity contribution in [3.63, 3.8) is 0 Å². The van der Waals surface area contributed by atoms with Crippen LogP contribution in [0.3, 0.4) is 0 Å². The Morgan fingerprint density at radius 1 is 1.17 bits per heavy atom. The molecule has 7 nitrogen and oxygen atoms in total. The lowest BCUT2D eigenvalue weighted by molar-refractivity contribution is -0.140. The van der Waals surface area contributed by atoms with E-state index in [0.717, 1.165) is 32.7 Å². The van der Waals surface area contributed by atoms with Gasteiger partial charge in [-0.25, -0.2) is 0 Å². The fourth-order valence-corrected chi connectivity index (χ4v) is 3.31. The van der Waals surface area contributed by atoms with Crippen molar-refractivity contribution in [2.75, 3.05) is 51.7 Å². The molecule has 1 saturated heterocycles. The molecule has 0 radical (unpaired) electrons. The summed E-state index contributed by atoms with van der Waals surface area (Å²) in [5, 5.41) is 9.08. The molecule has 0 spiro atoms. The van der Waals surface area contributed by atoms with Crippen LogP contribution >= 0.6 is 24.8 Å². The monoisotopic (exact) mass is 448 g/mol. The summed E-state index contributed by atoms with van der Waals surface area (Å²) in [6.07, 6.45) is 1.25. The van der Waals surface area contributed by atoms with Crippen molar-refractivity contribution in [1.29, 1.82) is 0 Å². The van der Waals surface area contributed by atoms with E-state index in [1.807, 2.05) is 0 Å². The van der Waals surface area contributed by atoms with Gasteiger partial charge in [0.2, 0.25) is 0 Å². The van der Waals surface area contributed by atoms with Crippen LogP contribution in [0, 0.1) is 0 Å². The number of nitrogens with zero attached hydrogens (tertiary/aromatic N) is 1. The fourth-order valence-electron chi connectivity index (χ4n) is 3.31. The van der Waals surface area contributed by atoms with Gasteiger partial charge in [0.15, 0.2) is 0 Å². The molecule has 9 heteroatoms. The lowest BCUT2D eigenvalue weighted by Gasteiger charge is -2.34. The number of hydrogen-bond donors (Lipinski definition) is 3. The topological polar surface area (TPSA) is 82.7 Å². The van der Waals surface area contributed by atoms with E-state index in [9.17, 15) is 9.59 Å². The highest BCUT2D eigenvalue weighted by Crippen LogP contribution is 2.24. The van der Waals surface area contributed by atoms with Crippen LogP contribution in [-0.2, 0) is 9.53 Å². The zero-order valence-corrected chi connectivity index (χ0v) is 19.1. The number of rotatable bonds is 9. The van der Waals surface area contributed by atoms with Crippen LogP contribution in [0.25, 0.3) is 0 Å². The quantitative estimate of drug-likeness (QED) is 0.539. The Morgan fingerprint density at radius 2 is 1.83 bits per heavy atom. The van der Waals surface area contributed by atoms with Gasteiger partial charge in [-0.15, -0.1) is 24.8 Å². The van der Waals surface area contributed by atoms with Crippen molar-refractivity contribution in [2.24, 2.45) is 0 Å². The van der Waals surface area contributed by atoms with Crippen molar-refractivity contribution in [3.8, 4) is 0 Å². The molecule has 0 aromatic heterocycles. The van der Waals surface area contributed by atoms with Crippen LogP contribution in [0.4, 0.5) is 5.69 Å². The van der Waals surface area contributed by atoms with Gasteiger partial charge in [-0.05, 0) is 57.2 Å². The molecule has 29 heavy (non-hydrogen) atoms. The predicted octanol–water partition coefficient (Wildman–Crippen LogP) is 2.31. The number of methoxy groups -OCH3 is 1. The summed E-state index contributed by atoms with van der Waals surface area (Å²) in [4.78, 5) is 27.4. The number of amides is 2. The third-order valence-corrected chi connectivity index (χ3v) is 5.21. The molecule has 0 aliphatic carbocycles. The Morgan fingerprint density at radius 3 is 2.41 bits per heavy atom. The van der Waals surface area contributed by atoms with Gasteiger partial charge in [0.25, 0.3) is 11.8 Å². The largest absolute Gasteiger partial charge is 0.368 e. The molecule has 1 aromatic carbocycles. The SMILES string of the molecule is CCN(CC)CCNC(=O)c1cccc(NC(=O)C2(OC)CCNCC2)c1.Cl.Cl. The van der Waals surface area contributed by atoms with Gasteiger partial charge in [0.05, 0.1) is 0 Å². The van der Waals surface area contributed by atoms with Gasteiger partial charge in [-0.2, -0.15) is 0 Å². The molecule has 0 atom stereocenters. The van der Waals surface area contributed by atoms with E-state index < -0.39 is 5.60 Å². The smallest absolute Gasteiger partial charge is 0.256 e. The van der Waals surface area contributed by atoms with Gasteiger partial charge in [-0.1, -0.05) is 19.9 Å². The highest BCUT2D eigenvalue weighted by atomic mass is 35.5. The van der Waals surface area contributed by atoms with Gasteiger partial charge in [0.1, 0.15) is 5.60 Å². The minimum Gasteiger partial charge on any atom is -0.368 e. The third kappa shape index (κ3) is 7.75. The van der Waals surface area contributed by atoms with Crippen molar-refractivity contribution < 1.29 is 14.3 Å². The molecule has 2 amide bonds. The average molecular weight is 449 g/mol. The molecule has 0 bridgehead atoms. The second-order valence-electron chi connectivity index (χ2n) is 6.77. The van der Waals surface area contributed by atoms with Crippen LogP contribution in [0.15, 0.2) is 24.3 Å². The molecule has 1 aliphatic rings. The van der Waals surface area contributed by atoms with Crippen LogP contribution in [0.5, 0.6) is 0 Å². The molecule has 0 unspecified atom stereocenters. The zero-order chi connectivity index (χ0) is 19.7. The Balaban J connectivity index is 0.00000392. The average Bonchev–Trinajstić information content (AvgIpc) is 2.71. The summed E-state index contributed by atoms with van der Waals surface area (Å²) >= 11 is 0. The number of likely N-dealkylation sites (N-methyl/N-ethyl adjacent to an activating group) is 1. The molecular weight excluding hydrogens is 415 g/mol. The molecular formula is C20H34Cl2N4O3. The molecule has 1 heterocycles. The molecule has 1 aliphatic heterocycles. The summed E-state index contributed by atoms with van der Waals surface area (Å²) in [7, 11) is 1.57. The Labute approximate surface area is 186 Å². The summed E-state index contributed by atoms with van der Waals surface area (Å²) in [5.41, 5.74) is 0.322. The maximum atomic E-state index is 12.7. The second kappa shape index (κ2) is 13.8. The number of ether oxygens (including phenoxy) is 1. The fraction of sp³-hybridized carbons (Fsp3) is 0.600. The summed E-state index contributed by atoms with van der Waals surface area (Å²) < 4.78 is 5.55. The summed E-state index contributed by atoms with van der Waals surface area (Å²) in [5.74, 6) is -0.299. The van der Waals surface area contributed by atoms with Crippen molar-refractivity contribution >= 4 is 42.3 Å². The highest BCUT2D eigenvalue weighted by Gasteiger charge is 2.39. The van der Waals surface area contributed by atoms with E-state index in [-0.39, 0.29) is 36.6 Å². The first kappa shape index (κ1) is 27.6. The van der Waals surface area contributed by atoms with E-state index >= 15 is 0 Å². The zero-order valence-electron chi connectivity index (χ0n) is 17.5. The number of carbonyl (C=O) groups excluding carboxylic acids is 2. The van der Waals surface area contributed by atoms with E-state index in [4.69, 9.17) is 4.74 Å². The minimum absolute atomic E-state index is 0. The van der Waals surface area contributed by atoms with Gasteiger partial charge < -0.3 is 25.6 Å². The van der Waals surface area contributed by atoms with Crippen LogP contribution in [0.1, 0.15) is 37.0 Å². The Bertz CT molecular complexity index is 636. The van der Waals surface area contributed by atoms with Crippen LogP contribution in [0.2, 0.25) is 0 Å². The minimum atomic E-state index is -0.812. The molecule has 0 saturated carbocycles. The standard InChI is InChI=1S/C20H32N4O3.2ClH/c1-4-24(5-2)14-13-22-18(25)16-7-6-8-17(15-16)23-19(26)20(27-3)9-11-21-12-10-20;;/h6-8,15,21H,4-5,9-14H2,1-3H3,(H,22,25)(H,23,26);2*1H. The van der Waals surface area contributed by atoms with E-state index in [1.165, 1.54) is 0 Å². The summed E-state index contributed by atoms with van der Waals surface area (Å²) in [6, 6.07) is 7.01. The number of carbonyl (C=O) groups is 2. The normalized spacial score (nSPS) is 15.0. The maximum absolute atomic E-state index is 12.7. The van der Waals surface area contributed by atoms with Gasteiger partial charge in [0, 0.05) is 31.5 Å². The van der Waals surface area contributed by atoms with Crippen molar-refractivity contribution in [3.05, 3.63) is 29.8 Å². The second-order valence-corrected chi connectivity index (χ2v) is 6.77.